The second kappa shape index (κ2) is 9.44. The van der Waals surface area contributed by atoms with E-state index in [0.717, 1.165) is 69.8 Å². The maximum Gasteiger partial charge on any atom is 0.232 e. The van der Waals surface area contributed by atoms with Gasteiger partial charge in [-0.15, -0.1) is 0 Å². The minimum Gasteiger partial charge on any atom is -0.508 e. The smallest absolute Gasteiger partial charge is 0.232 e. The Morgan fingerprint density at radius 2 is 1.30 bits per heavy atom. The Kier molecular flexibility index (Phi) is 6.49. The molecule has 2 aromatic rings. The van der Waals surface area contributed by atoms with Gasteiger partial charge in [-0.2, -0.15) is 0 Å². The van der Waals surface area contributed by atoms with Crippen LogP contribution in [0, 0.1) is 22.7 Å². The van der Waals surface area contributed by atoms with E-state index in [4.69, 9.17) is 5.73 Å². The summed E-state index contributed by atoms with van der Waals surface area (Å²) in [6.45, 7) is 9.32. The van der Waals surface area contributed by atoms with E-state index in [1.54, 1.807) is 6.07 Å². The van der Waals surface area contributed by atoms with E-state index in [-0.39, 0.29) is 40.2 Å². The molecule has 6 atom stereocenters. The highest BCUT2D eigenvalue weighted by atomic mass is 16.3. The molecular weight excluding hydrogens is 496 g/mol. The molecule has 2 amide bonds. The van der Waals surface area contributed by atoms with Crippen molar-refractivity contribution < 1.29 is 14.7 Å². The monoisotopic (exact) mass is 542 g/mol. The number of amides is 2. The summed E-state index contributed by atoms with van der Waals surface area (Å²) in [4.78, 5) is 28.5. The molecular formula is C35H46N2O3. The summed E-state index contributed by atoms with van der Waals surface area (Å²) in [6, 6.07) is 12.4. The summed E-state index contributed by atoms with van der Waals surface area (Å²) in [5, 5.41) is 13.3. The van der Waals surface area contributed by atoms with Crippen molar-refractivity contribution in [3.8, 4) is 5.75 Å². The second-order valence-corrected chi connectivity index (χ2v) is 14.4. The molecule has 0 spiro atoms. The number of benzene rings is 2. The Labute approximate surface area is 239 Å². The molecule has 0 bridgehead atoms. The van der Waals surface area contributed by atoms with Crippen molar-refractivity contribution in [2.75, 3.05) is 0 Å². The van der Waals surface area contributed by atoms with Gasteiger partial charge < -0.3 is 10.8 Å². The SMILES string of the molecule is C[C@]1(C(=O)NC(=O)[C@@]2(C)CCC[C@]3(C)c4cc(CN)ccc4CC[C@@H]23)CCC[C@]2(C)c3cc(O)ccc3CC[C@@H]12. The van der Waals surface area contributed by atoms with Gasteiger partial charge in [-0.25, -0.2) is 0 Å². The third-order valence-corrected chi connectivity index (χ3v) is 12.3. The molecule has 2 fully saturated rings. The second-order valence-electron chi connectivity index (χ2n) is 14.4. The first-order valence-electron chi connectivity index (χ1n) is 15.5. The number of phenolic OH excluding ortho intramolecular Hbond substituents is 1. The molecule has 0 saturated heterocycles. The first-order chi connectivity index (χ1) is 19.0. The van der Waals surface area contributed by atoms with Crippen LogP contribution in [0.4, 0.5) is 0 Å². The topological polar surface area (TPSA) is 92.4 Å². The van der Waals surface area contributed by atoms with Crippen LogP contribution in [-0.4, -0.2) is 16.9 Å². The molecule has 4 aliphatic carbocycles. The van der Waals surface area contributed by atoms with Gasteiger partial charge in [0.05, 0.1) is 10.8 Å². The molecule has 2 saturated carbocycles. The van der Waals surface area contributed by atoms with Gasteiger partial charge in [-0.05, 0) is 114 Å². The highest BCUT2D eigenvalue weighted by Crippen LogP contribution is 2.59. The first-order valence-corrected chi connectivity index (χ1v) is 15.5. The van der Waals surface area contributed by atoms with Crippen LogP contribution in [0.5, 0.6) is 5.75 Å². The van der Waals surface area contributed by atoms with Crippen LogP contribution in [-0.2, 0) is 39.8 Å². The molecule has 5 heteroatoms. The quantitative estimate of drug-likeness (QED) is 0.402. The normalized spacial score (nSPS) is 36.4. The number of imide groups is 1. The van der Waals surface area contributed by atoms with Crippen molar-refractivity contribution in [3.63, 3.8) is 0 Å². The van der Waals surface area contributed by atoms with Crippen molar-refractivity contribution in [2.24, 2.45) is 28.4 Å². The molecule has 6 rings (SSSR count). The maximum absolute atomic E-state index is 14.2. The van der Waals surface area contributed by atoms with Gasteiger partial charge >= 0.3 is 0 Å². The van der Waals surface area contributed by atoms with Crippen LogP contribution in [0.25, 0.3) is 0 Å². The lowest BCUT2D eigenvalue weighted by molar-refractivity contribution is -0.150. The van der Waals surface area contributed by atoms with Crippen molar-refractivity contribution in [1.82, 2.24) is 5.32 Å². The van der Waals surface area contributed by atoms with Crippen LogP contribution in [0.3, 0.4) is 0 Å². The Balaban J connectivity index is 1.28. The average Bonchev–Trinajstić information content (AvgIpc) is 2.93. The number of nitrogens with one attached hydrogen (secondary N) is 1. The van der Waals surface area contributed by atoms with Gasteiger partial charge in [-0.1, -0.05) is 64.8 Å². The Hall–Kier alpha value is -2.66. The predicted octanol–water partition coefficient (Wildman–Crippen LogP) is 6.21. The minimum atomic E-state index is -0.630. The molecule has 2 aromatic carbocycles. The molecule has 40 heavy (non-hydrogen) atoms. The van der Waals surface area contributed by atoms with E-state index in [9.17, 15) is 14.7 Å². The number of aromatic hydroxyl groups is 1. The van der Waals surface area contributed by atoms with Crippen LogP contribution in [0.2, 0.25) is 0 Å². The fraction of sp³-hybridized carbons (Fsp3) is 0.600. The fourth-order valence-corrected chi connectivity index (χ4v) is 10.0. The van der Waals surface area contributed by atoms with E-state index in [2.05, 4.69) is 51.2 Å². The first kappa shape index (κ1) is 27.5. The molecule has 0 heterocycles. The number of nitrogens with two attached hydrogens (primary N) is 1. The summed E-state index contributed by atoms with van der Waals surface area (Å²) in [5.41, 5.74) is 10.8. The standard InChI is InChI=1S/C35H46N2O3/c1-32-15-5-17-34(3,28(32)13-10-23-8-7-22(21-36)19-26(23)32)30(39)37-31(40)35(4)18-6-16-33(2)27-20-25(38)12-9-24(27)11-14-29(33)35/h7-9,12,19-20,28-29,38H,5-6,10-11,13-18,21,36H2,1-4H3,(H,37,39,40)/t28-,29-,32-,33-,34+,35+/m1/s1. The fourth-order valence-electron chi connectivity index (χ4n) is 10.0. The number of rotatable bonds is 3. The zero-order valence-electron chi connectivity index (χ0n) is 24.7. The Bertz CT molecular complexity index is 1370. The minimum absolute atomic E-state index is 0.0887. The predicted molar refractivity (Wildman–Crippen MR) is 158 cm³/mol. The number of carbonyl (C=O) groups is 2. The highest BCUT2D eigenvalue weighted by molar-refractivity contribution is 6.00. The summed E-state index contributed by atoms with van der Waals surface area (Å²) in [7, 11) is 0. The number of carbonyl (C=O) groups excluding carboxylic acids is 2. The van der Waals surface area contributed by atoms with Crippen molar-refractivity contribution in [2.45, 2.75) is 109 Å². The van der Waals surface area contributed by atoms with Crippen molar-refractivity contribution in [1.29, 1.82) is 0 Å². The van der Waals surface area contributed by atoms with Gasteiger partial charge in [0.1, 0.15) is 5.75 Å². The number of hydrogen-bond donors (Lipinski definition) is 3. The zero-order chi connectivity index (χ0) is 28.5. The highest BCUT2D eigenvalue weighted by Gasteiger charge is 2.58. The van der Waals surface area contributed by atoms with E-state index in [1.807, 2.05) is 12.1 Å². The van der Waals surface area contributed by atoms with Crippen LogP contribution in [0.1, 0.15) is 107 Å². The van der Waals surface area contributed by atoms with Crippen molar-refractivity contribution >= 4 is 11.8 Å². The van der Waals surface area contributed by atoms with Crippen LogP contribution >= 0.6 is 0 Å². The number of aryl methyl sites for hydroxylation is 2. The maximum atomic E-state index is 14.2. The summed E-state index contributed by atoms with van der Waals surface area (Å²) in [6.07, 6.45) is 9.28. The number of phenols is 1. The van der Waals surface area contributed by atoms with E-state index in [0.29, 0.717) is 6.54 Å². The van der Waals surface area contributed by atoms with E-state index in [1.165, 1.54) is 22.3 Å². The van der Waals surface area contributed by atoms with Crippen LogP contribution < -0.4 is 11.1 Å². The van der Waals surface area contributed by atoms with Crippen molar-refractivity contribution in [3.05, 3.63) is 64.2 Å². The van der Waals surface area contributed by atoms with Gasteiger partial charge in [-0.3, -0.25) is 14.9 Å². The third-order valence-electron chi connectivity index (χ3n) is 12.3. The lowest BCUT2D eigenvalue weighted by atomic mass is 9.49. The summed E-state index contributed by atoms with van der Waals surface area (Å²) < 4.78 is 0. The molecule has 4 N–H and O–H groups in total. The van der Waals surface area contributed by atoms with Gasteiger partial charge in [0.25, 0.3) is 0 Å². The lowest BCUT2D eigenvalue weighted by Gasteiger charge is -2.56. The van der Waals surface area contributed by atoms with E-state index >= 15 is 0 Å². The van der Waals surface area contributed by atoms with E-state index < -0.39 is 10.8 Å². The molecule has 214 valence electrons. The largest absolute Gasteiger partial charge is 0.508 e. The van der Waals surface area contributed by atoms with Gasteiger partial charge in [0.2, 0.25) is 11.8 Å². The zero-order valence-corrected chi connectivity index (χ0v) is 24.7. The Morgan fingerprint density at radius 1 is 0.800 bits per heavy atom. The molecule has 4 aliphatic rings. The summed E-state index contributed by atoms with van der Waals surface area (Å²) in [5.74, 6) is 0.391. The Morgan fingerprint density at radius 3 is 1.82 bits per heavy atom. The molecule has 0 aromatic heterocycles. The van der Waals surface area contributed by atoms with Crippen LogP contribution in [0.15, 0.2) is 36.4 Å². The molecule has 5 nitrogen and oxygen atoms in total. The number of fused-ring (bicyclic) bond motifs is 6. The summed E-state index contributed by atoms with van der Waals surface area (Å²) >= 11 is 0. The number of hydrogen-bond acceptors (Lipinski definition) is 4. The van der Waals surface area contributed by atoms with Gasteiger partial charge in [0, 0.05) is 6.54 Å². The molecule has 0 unspecified atom stereocenters. The van der Waals surface area contributed by atoms with Gasteiger partial charge in [0.15, 0.2) is 0 Å². The molecule has 0 aliphatic heterocycles. The molecule has 0 radical (unpaired) electrons. The average molecular weight is 543 g/mol. The lowest BCUT2D eigenvalue weighted by Crippen LogP contribution is -2.60. The third kappa shape index (κ3) is 3.90.